The molecule has 5 nitrogen and oxygen atoms in total. The monoisotopic (exact) mass is 348 g/mol. The fourth-order valence-corrected chi connectivity index (χ4v) is 2.91. The van der Waals surface area contributed by atoms with Gasteiger partial charge in [0.1, 0.15) is 6.33 Å². The second-order valence-electron chi connectivity index (χ2n) is 6.56. The van der Waals surface area contributed by atoms with E-state index in [4.69, 9.17) is 0 Å². The first kappa shape index (κ1) is 17.9. The number of hydrogen-bond acceptors (Lipinski definition) is 3. The Morgan fingerprint density at radius 1 is 1.08 bits per heavy atom. The first-order chi connectivity index (χ1) is 12.7. The first-order valence-corrected chi connectivity index (χ1v) is 8.97. The van der Waals surface area contributed by atoms with Gasteiger partial charge in [-0.15, -0.1) is 10.2 Å². The predicted octanol–water partition coefficient (Wildman–Crippen LogP) is 3.54. The first-order valence-electron chi connectivity index (χ1n) is 8.97. The largest absolute Gasteiger partial charge is 0.349 e. The molecule has 1 atom stereocenters. The van der Waals surface area contributed by atoms with Gasteiger partial charge in [0.25, 0.3) is 0 Å². The van der Waals surface area contributed by atoms with Gasteiger partial charge in [-0.1, -0.05) is 55.5 Å². The van der Waals surface area contributed by atoms with Crippen LogP contribution in [0.3, 0.4) is 0 Å². The van der Waals surface area contributed by atoms with Crippen molar-refractivity contribution in [1.29, 1.82) is 0 Å². The molecule has 0 aliphatic heterocycles. The molecule has 0 aliphatic carbocycles. The van der Waals surface area contributed by atoms with Crippen LogP contribution in [0.1, 0.15) is 31.2 Å². The number of aryl methyl sites for hydroxylation is 1. The van der Waals surface area contributed by atoms with Crippen molar-refractivity contribution in [3.63, 3.8) is 0 Å². The SMILES string of the molecule is CC(CCc1ccccc1)CC(=O)NCc1nncn1-c1ccccc1. The van der Waals surface area contributed by atoms with Crippen LogP contribution in [0.25, 0.3) is 5.69 Å². The Kier molecular flexibility index (Phi) is 6.14. The van der Waals surface area contributed by atoms with Gasteiger partial charge in [-0.2, -0.15) is 0 Å². The number of para-hydroxylation sites is 1. The van der Waals surface area contributed by atoms with Crippen molar-refractivity contribution in [1.82, 2.24) is 20.1 Å². The van der Waals surface area contributed by atoms with E-state index in [1.165, 1.54) is 5.56 Å². The van der Waals surface area contributed by atoms with Crippen molar-refractivity contribution in [3.8, 4) is 5.69 Å². The summed E-state index contributed by atoms with van der Waals surface area (Å²) in [5, 5.41) is 11.0. The molecule has 3 aromatic rings. The molecule has 0 aliphatic rings. The maximum atomic E-state index is 12.2. The zero-order valence-corrected chi connectivity index (χ0v) is 15.0. The Labute approximate surface area is 154 Å². The van der Waals surface area contributed by atoms with E-state index >= 15 is 0 Å². The second kappa shape index (κ2) is 8.94. The summed E-state index contributed by atoms with van der Waals surface area (Å²) >= 11 is 0. The summed E-state index contributed by atoms with van der Waals surface area (Å²) in [4.78, 5) is 12.2. The standard InChI is InChI=1S/C21H24N4O/c1-17(12-13-18-8-4-2-5-9-18)14-21(26)22-15-20-24-23-16-25(20)19-10-6-3-7-11-19/h2-11,16-17H,12-15H2,1H3,(H,22,26). The third kappa shape index (κ3) is 5.02. The van der Waals surface area contributed by atoms with Gasteiger partial charge in [0.2, 0.25) is 5.91 Å². The number of nitrogens with zero attached hydrogens (tertiary/aromatic N) is 3. The third-order valence-electron chi connectivity index (χ3n) is 4.40. The number of carbonyl (C=O) groups is 1. The zero-order valence-electron chi connectivity index (χ0n) is 15.0. The molecule has 5 heteroatoms. The number of amides is 1. The average molecular weight is 348 g/mol. The number of aromatic nitrogens is 3. The highest BCUT2D eigenvalue weighted by atomic mass is 16.1. The number of nitrogens with one attached hydrogen (secondary N) is 1. The lowest BCUT2D eigenvalue weighted by atomic mass is 9.98. The molecule has 2 aromatic carbocycles. The summed E-state index contributed by atoms with van der Waals surface area (Å²) in [6.45, 7) is 2.49. The van der Waals surface area contributed by atoms with E-state index in [-0.39, 0.29) is 5.91 Å². The third-order valence-corrected chi connectivity index (χ3v) is 4.40. The summed E-state index contributed by atoms with van der Waals surface area (Å²) in [5.74, 6) is 1.11. The molecule has 1 N–H and O–H groups in total. The van der Waals surface area contributed by atoms with Gasteiger partial charge < -0.3 is 5.32 Å². The Morgan fingerprint density at radius 2 is 1.77 bits per heavy atom. The van der Waals surface area contributed by atoms with Crippen molar-refractivity contribution in [2.45, 2.75) is 32.7 Å². The number of hydrogen-bond donors (Lipinski definition) is 1. The maximum absolute atomic E-state index is 12.2. The molecule has 0 saturated heterocycles. The fraction of sp³-hybridized carbons (Fsp3) is 0.286. The van der Waals surface area contributed by atoms with Crippen LogP contribution in [0.15, 0.2) is 67.0 Å². The Bertz CT molecular complexity index is 814. The quantitative estimate of drug-likeness (QED) is 0.677. The summed E-state index contributed by atoms with van der Waals surface area (Å²) in [5.41, 5.74) is 2.30. The van der Waals surface area contributed by atoms with Crippen LogP contribution < -0.4 is 5.32 Å². The van der Waals surface area contributed by atoms with E-state index in [2.05, 4.69) is 46.7 Å². The van der Waals surface area contributed by atoms with Crippen LogP contribution in [0.5, 0.6) is 0 Å². The lowest BCUT2D eigenvalue weighted by Crippen LogP contribution is -2.26. The molecule has 1 unspecified atom stereocenters. The molecule has 26 heavy (non-hydrogen) atoms. The molecule has 0 bridgehead atoms. The van der Waals surface area contributed by atoms with Gasteiger partial charge in [-0.05, 0) is 36.5 Å². The molecule has 0 fully saturated rings. The van der Waals surface area contributed by atoms with Crippen molar-refractivity contribution in [3.05, 3.63) is 78.4 Å². The van der Waals surface area contributed by atoms with E-state index < -0.39 is 0 Å². The van der Waals surface area contributed by atoms with Crippen LogP contribution >= 0.6 is 0 Å². The van der Waals surface area contributed by atoms with E-state index in [0.29, 0.717) is 18.9 Å². The van der Waals surface area contributed by atoms with Gasteiger partial charge in [0.15, 0.2) is 5.82 Å². The number of carbonyl (C=O) groups excluding carboxylic acids is 1. The topological polar surface area (TPSA) is 59.8 Å². The van der Waals surface area contributed by atoms with E-state index in [1.54, 1.807) is 6.33 Å². The van der Waals surface area contributed by atoms with Crippen molar-refractivity contribution in [2.24, 2.45) is 5.92 Å². The lowest BCUT2D eigenvalue weighted by molar-refractivity contribution is -0.122. The van der Waals surface area contributed by atoms with Gasteiger partial charge in [-0.3, -0.25) is 9.36 Å². The minimum Gasteiger partial charge on any atom is -0.349 e. The van der Waals surface area contributed by atoms with Crippen LogP contribution in [-0.4, -0.2) is 20.7 Å². The number of rotatable bonds is 8. The molecule has 0 saturated carbocycles. The summed E-state index contributed by atoms with van der Waals surface area (Å²) in [6.07, 6.45) is 4.18. The van der Waals surface area contributed by atoms with E-state index in [0.717, 1.165) is 24.4 Å². The Morgan fingerprint density at radius 3 is 2.50 bits per heavy atom. The van der Waals surface area contributed by atoms with Crippen molar-refractivity contribution in [2.75, 3.05) is 0 Å². The van der Waals surface area contributed by atoms with E-state index in [9.17, 15) is 4.79 Å². The predicted molar refractivity (Wildman–Crippen MR) is 102 cm³/mol. The molecule has 1 amide bonds. The summed E-state index contributed by atoms with van der Waals surface area (Å²) < 4.78 is 1.89. The van der Waals surface area contributed by atoms with Crippen LogP contribution in [0.4, 0.5) is 0 Å². The molecule has 0 radical (unpaired) electrons. The average Bonchev–Trinajstić information content (AvgIpc) is 3.15. The molecule has 3 rings (SSSR count). The van der Waals surface area contributed by atoms with Gasteiger partial charge in [-0.25, -0.2) is 0 Å². The van der Waals surface area contributed by atoms with Crippen LogP contribution in [0, 0.1) is 5.92 Å². The number of benzene rings is 2. The maximum Gasteiger partial charge on any atom is 0.220 e. The highest BCUT2D eigenvalue weighted by Crippen LogP contribution is 2.13. The van der Waals surface area contributed by atoms with E-state index in [1.807, 2.05) is 41.0 Å². The fourth-order valence-electron chi connectivity index (χ4n) is 2.91. The van der Waals surface area contributed by atoms with Crippen molar-refractivity contribution >= 4 is 5.91 Å². The minimum absolute atomic E-state index is 0.0492. The molecular formula is C21H24N4O. The molecule has 134 valence electrons. The van der Waals surface area contributed by atoms with Gasteiger partial charge in [0, 0.05) is 12.1 Å². The molecule has 0 spiro atoms. The molecule has 1 heterocycles. The summed E-state index contributed by atoms with van der Waals surface area (Å²) in [6, 6.07) is 20.2. The zero-order chi connectivity index (χ0) is 18.2. The summed E-state index contributed by atoms with van der Waals surface area (Å²) in [7, 11) is 0. The van der Waals surface area contributed by atoms with Crippen LogP contribution in [0.2, 0.25) is 0 Å². The minimum atomic E-state index is 0.0492. The highest BCUT2D eigenvalue weighted by molar-refractivity contribution is 5.76. The highest BCUT2D eigenvalue weighted by Gasteiger charge is 2.11. The molecular weight excluding hydrogens is 324 g/mol. The van der Waals surface area contributed by atoms with Crippen LogP contribution in [-0.2, 0) is 17.8 Å². The van der Waals surface area contributed by atoms with Gasteiger partial charge in [0.05, 0.1) is 6.54 Å². The Hall–Kier alpha value is -2.95. The van der Waals surface area contributed by atoms with Gasteiger partial charge >= 0.3 is 0 Å². The Balaban J connectivity index is 1.47. The second-order valence-corrected chi connectivity index (χ2v) is 6.56. The molecule has 1 aromatic heterocycles. The lowest BCUT2D eigenvalue weighted by Gasteiger charge is -2.12. The van der Waals surface area contributed by atoms with Crippen molar-refractivity contribution < 1.29 is 4.79 Å². The normalized spacial score (nSPS) is 11.9. The smallest absolute Gasteiger partial charge is 0.220 e.